The molecule has 1 aliphatic carbocycles. The summed E-state index contributed by atoms with van der Waals surface area (Å²) < 4.78 is 0. The number of carbonyl (C=O) groups is 1. The van der Waals surface area contributed by atoms with E-state index in [9.17, 15) is 4.79 Å². The highest BCUT2D eigenvalue weighted by atomic mass is 16.1. The van der Waals surface area contributed by atoms with Crippen molar-refractivity contribution in [2.75, 3.05) is 13.1 Å². The van der Waals surface area contributed by atoms with Crippen molar-refractivity contribution in [1.82, 2.24) is 5.32 Å². The fourth-order valence-electron chi connectivity index (χ4n) is 1.99. The smallest absolute Gasteiger partial charge is 0.251 e. The van der Waals surface area contributed by atoms with E-state index in [1.165, 1.54) is 19.3 Å². The van der Waals surface area contributed by atoms with Crippen LogP contribution in [0, 0.1) is 17.8 Å². The Kier molecular flexibility index (Phi) is 5.00. The predicted octanol–water partition coefficient (Wildman–Crippen LogP) is 1.92. The van der Waals surface area contributed by atoms with Crippen LogP contribution < -0.4 is 11.1 Å². The van der Waals surface area contributed by atoms with Crippen LogP contribution in [-0.4, -0.2) is 19.0 Å². The summed E-state index contributed by atoms with van der Waals surface area (Å²) in [5.41, 5.74) is 6.82. The molecule has 2 rings (SSSR count). The van der Waals surface area contributed by atoms with Crippen molar-refractivity contribution in [3.8, 4) is 11.8 Å². The van der Waals surface area contributed by atoms with Gasteiger partial charge in [-0.25, -0.2) is 0 Å². The second kappa shape index (κ2) is 6.96. The average molecular weight is 256 g/mol. The summed E-state index contributed by atoms with van der Waals surface area (Å²) in [5.74, 6) is 6.63. The molecule has 3 N–H and O–H groups in total. The Bertz CT molecular complexity index is 495. The third-order valence-electron chi connectivity index (χ3n) is 3.23. The molecule has 0 heterocycles. The van der Waals surface area contributed by atoms with Crippen LogP contribution in [0.1, 0.15) is 41.6 Å². The molecular formula is C16H20N2O. The van der Waals surface area contributed by atoms with Crippen LogP contribution in [0.3, 0.4) is 0 Å². The summed E-state index contributed by atoms with van der Waals surface area (Å²) in [4.78, 5) is 11.9. The van der Waals surface area contributed by atoms with Crippen molar-refractivity contribution >= 4 is 5.91 Å². The Labute approximate surface area is 114 Å². The van der Waals surface area contributed by atoms with E-state index in [1.807, 2.05) is 18.2 Å². The molecule has 0 saturated heterocycles. The molecule has 100 valence electrons. The highest BCUT2D eigenvalue weighted by molar-refractivity contribution is 5.94. The maximum Gasteiger partial charge on any atom is 0.251 e. The number of hydrogen-bond acceptors (Lipinski definition) is 2. The van der Waals surface area contributed by atoms with Crippen LogP contribution in [0.4, 0.5) is 0 Å². The highest BCUT2D eigenvalue weighted by Crippen LogP contribution is 2.33. The van der Waals surface area contributed by atoms with Gasteiger partial charge in [0.05, 0.1) is 6.54 Å². The number of nitrogens with two attached hydrogens (primary N) is 1. The Balaban J connectivity index is 1.83. The van der Waals surface area contributed by atoms with Gasteiger partial charge in [-0.1, -0.05) is 30.7 Å². The zero-order chi connectivity index (χ0) is 13.5. The van der Waals surface area contributed by atoms with Crippen molar-refractivity contribution in [1.29, 1.82) is 0 Å². The minimum absolute atomic E-state index is 0.0211. The Morgan fingerprint density at radius 1 is 1.42 bits per heavy atom. The number of rotatable bonds is 5. The number of hydrogen-bond donors (Lipinski definition) is 2. The van der Waals surface area contributed by atoms with Crippen LogP contribution in [-0.2, 0) is 0 Å². The minimum Gasteiger partial charge on any atom is -0.352 e. The van der Waals surface area contributed by atoms with E-state index in [0.717, 1.165) is 24.4 Å². The zero-order valence-electron chi connectivity index (χ0n) is 11.1. The van der Waals surface area contributed by atoms with E-state index in [0.29, 0.717) is 12.1 Å². The molecule has 1 aliphatic rings. The largest absolute Gasteiger partial charge is 0.352 e. The lowest BCUT2D eigenvalue weighted by Gasteiger charge is -2.05. The number of benzene rings is 1. The third kappa shape index (κ3) is 4.76. The highest BCUT2D eigenvalue weighted by Gasteiger charge is 2.20. The lowest BCUT2D eigenvalue weighted by atomic mass is 10.1. The molecular weight excluding hydrogens is 236 g/mol. The van der Waals surface area contributed by atoms with Gasteiger partial charge in [0.2, 0.25) is 0 Å². The van der Waals surface area contributed by atoms with Crippen molar-refractivity contribution in [2.45, 2.75) is 25.7 Å². The third-order valence-corrected chi connectivity index (χ3v) is 3.23. The summed E-state index contributed by atoms with van der Waals surface area (Å²) in [6, 6.07) is 7.34. The zero-order valence-corrected chi connectivity index (χ0v) is 11.1. The van der Waals surface area contributed by atoms with Crippen molar-refractivity contribution in [3.05, 3.63) is 35.4 Å². The van der Waals surface area contributed by atoms with Gasteiger partial charge in [-0.05, 0) is 37.0 Å². The molecule has 19 heavy (non-hydrogen) atoms. The molecule has 1 amide bonds. The molecule has 1 aromatic rings. The second-order valence-electron chi connectivity index (χ2n) is 4.93. The fourth-order valence-corrected chi connectivity index (χ4v) is 1.99. The van der Waals surface area contributed by atoms with Gasteiger partial charge >= 0.3 is 0 Å². The van der Waals surface area contributed by atoms with Gasteiger partial charge in [0, 0.05) is 17.7 Å². The summed E-state index contributed by atoms with van der Waals surface area (Å²) in [5, 5.41) is 2.95. The van der Waals surface area contributed by atoms with Crippen molar-refractivity contribution < 1.29 is 4.79 Å². The van der Waals surface area contributed by atoms with Gasteiger partial charge in [-0.15, -0.1) is 0 Å². The summed E-state index contributed by atoms with van der Waals surface area (Å²) >= 11 is 0. The standard InChI is InChI=1S/C16H20N2O/c17-10-2-5-14-4-1-7-15(12-14)16(19)18-11-3-6-13-8-9-13/h1,4,7,12-13H,3,6,8-11,17H2,(H,18,19). The first-order chi connectivity index (χ1) is 9.29. The summed E-state index contributed by atoms with van der Waals surface area (Å²) in [6.07, 6.45) is 5.05. The molecule has 3 heteroatoms. The van der Waals surface area contributed by atoms with Crippen molar-refractivity contribution in [2.24, 2.45) is 11.7 Å². The van der Waals surface area contributed by atoms with Gasteiger partial charge in [0.15, 0.2) is 0 Å². The molecule has 0 aromatic heterocycles. The maximum atomic E-state index is 11.9. The SMILES string of the molecule is NCC#Cc1cccc(C(=O)NCCCC2CC2)c1. The molecule has 1 fully saturated rings. The van der Waals surface area contributed by atoms with Crippen LogP contribution >= 0.6 is 0 Å². The lowest BCUT2D eigenvalue weighted by Crippen LogP contribution is -2.24. The first-order valence-corrected chi connectivity index (χ1v) is 6.87. The molecule has 0 spiro atoms. The molecule has 1 saturated carbocycles. The molecule has 0 aliphatic heterocycles. The van der Waals surface area contributed by atoms with E-state index >= 15 is 0 Å². The minimum atomic E-state index is -0.0211. The van der Waals surface area contributed by atoms with E-state index in [-0.39, 0.29) is 5.91 Å². The molecule has 0 radical (unpaired) electrons. The second-order valence-corrected chi connectivity index (χ2v) is 4.93. The molecule has 1 aromatic carbocycles. The number of amides is 1. The fraction of sp³-hybridized carbons (Fsp3) is 0.438. The topological polar surface area (TPSA) is 55.1 Å². The van der Waals surface area contributed by atoms with E-state index < -0.39 is 0 Å². The average Bonchev–Trinajstić information content (AvgIpc) is 3.25. The summed E-state index contributed by atoms with van der Waals surface area (Å²) in [7, 11) is 0. The van der Waals surface area contributed by atoms with Gasteiger partial charge in [0.1, 0.15) is 0 Å². The van der Waals surface area contributed by atoms with Crippen LogP contribution in [0.15, 0.2) is 24.3 Å². The lowest BCUT2D eigenvalue weighted by molar-refractivity contribution is 0.0953. The van der Waals surface area contributed by atoms with Crippen LogP contribution in [0.25, 0.3) is 0 Å². The number of nitrogens with one attached hydrogen (secondary N) is 1. The number of carbonyl (C=O) groups excluding carboxylic acids is 1. The predicted molar refractivity (Wildman–Crippen MR) is 76.7 cm³/mol. The monoisotopic (exact) mass is 256 g/mol. The van der Waals surface area contributed by atoms with Crippen LogP contribution in [0.2, 0.25) is 0 Å². The van der Waals surface area contributed by atoms with E-state index in [4.69, 9.17) is 5.73 Å². The maximum absolute atomic E-state index is 11.9. The Morgan fingerprint density at radius 3 is 3.00 bits per heavy atom. The van der Waals surface area contributed by atoms with Gasteiger partial charge in [0.25, 0.3) is 5.91 Å². The van der Waals surface area contributed by atoms with E-state index in [1.54, 1.807) is 6.07 Å². The van der Waals surface area contributed by atoms with Gasteiger partial charge in [-0.3, -0.25) is 4.79 Å². The van der Waals surface area contributed by atoms with Gasteiger partial charge < -0.3 is 11.1 Å². The molecule has 0 atom stereocenters. The Hall–Kier alpha value is -1.79. The first kappa shape index (κ1) is 13.6. The molecule has 3 nitrogen and oxygen atoms in total. The van der Waals surface area contributed by atoms with Crippen molar-refractivity contribution in [3.63, 3.8) is 0 Å². The van der Waals surface area contributed by atoms with E-state index in [2.05, 4.69) is 17.2 Å². The first-order valence-electron chi connectivity index (χ1n) is 6.87. The summed E-state index contributed by atoms with van der Waals surface area (Å²) in [6.45, 7) is 1.09. The molecule has 0 unspecified atom stereocenters. The normalized spacial score (nSPS) is 13.5. The van der Waals surface area contributed by atoms with Crippen LogP contribution in [0.5, 0.6) is 0 Å². The van der Waals surface area contributed by atoms with Gasteiger partial charge in [-0.2, -0.15) is 0 Å². The quantitative estimate of drug-likeness (QED) is 0.624. The molecule has 0 bridgehead atoms. The Morgan fingerprint density at radius 2 is 2.26 bits per heavy atom.